The van der Waals surface area contributed by atoms with Crippen LogP contribution in [0.5, 0.6) is 11.5 Å². The van der Waals surface area contributed by atoms with Crippen molar-refractivity contribution in [3.63, 3.8) is 0 Å². The number of carbonyl (C=O) groups is 1. The Bertz CT molecular complexity index is 357. The van der Waals surface area contributed by atoms with Gasteiger partial charge < -0.3 is 15.3 Å². The van der Waals surface area contributed by atoms with Crippen LogP contribution in [0.2, 0.25) is 0 Å². The van der Waals surface area contributed by atoms with Gasteiger partial charge in [-0.1, -0.05) is 6.07 Å². The lowest BCUT2D eigenvalue weighted by atomic mass is 10.0. The van der Waals surface area contributed by atoms with Crippen molar-refractivity contribution in [2.45, 2.75) is 19.8 Å². The van der Waals surface area contributed by atoms with Crippen molar-refractivity contribution in [3.8, 4) is 11.5 Å². The highest BCUT2D eigenvalue weighted by Crippen LogP contribution is 2.29. The number of carboxylic acid groups (broad SMARTS) is 1. The van der Waals surface area contributed by atoms with Gasteiger partial charge in [-0.15, -0.1) is 0 Å². The fourth-order valence-corrected chi connectivity index (χ4v) is 1.19. The first-order chi connectivity index (χ1) is 6.52. The molecule has 0 bridgehead atoms. The number of aliphatic carboxylic acids is 1. The molecule has 3 N–H and O–H groups in total. The molecule has 14 heavy (non-hydrogen) atoms. The summed E-state index contributed by atoms with van der Waals surface area (Å²) in [6.07, 6.45) is 0.236. The first-order valence-corrected chi connectivity index (χ1v) is 4.24. The molecular formula is C10H12O4. The van der Waals surface area contributed by atoms with Crippen LogP contribution < -0.4 is 0 Å². The molecule has 0 aromatic heterocycles. The topological polar surface area (TPSA) is 77.8 Å². The van der Waals surface area contributed by atoms with E-state index in [2.05, 4.69) is 0 Å². The lowest BCUT2D eigenvalue weighted by Crippen LogP contribution is -1.98. The van der Waals surface area contributed by atoms with E-state index in [0.29, 0.717) is 11.1 Å². The molecule has 0 saturated carbocycles. The van der Waals surface area contributed by atoms with E-state index in [1.54, 1.807) is 6.92 Å². The first kappa shape index (κ1) is 10.4. The molecular weight excluding hydrogens is 184 g/mol. The van der Waals surface area contributed by atoms with E-state index in [9.17, 15) is 15.0 Å². The maximum Gasteiger partial charge on any atom is 0.303 e. The minimum Gasteiger partial charge on any atom is -0.508 e. The summed E-state index contributed by atoms with van der Waals surface area (Å²) in [7, 11) is 0. The Labute approximate surface area is 81.4 Å². The van der Waals surface area contributed by atoms with Crippen LogP contribution in [-0.2, 0) is 11.2 Å². The van der Waals surface area contributed by atoms with Gasteiger partial charge in [0.25, 0.3) is 0 Å². The quantitative estimate of drug-likeness (QED) is 0.683. The summed E-state index contributed by atoms with van der Waals surface area (Å²) in [6.45, 7) is 1.58. The second kappa shape index (κ2) is 4.00. The Morgan fingerprint density at radius 2 is 2.00 bits per heavy atom. The zero-order chi connectivity index (χ0) is 10.7. The molecule has 0 amide bonds. The van der Waals surface area contributed by atoms with Gasteiger partial charge in [0.15, 0.2) is 0 Å². The molecule has 1 aromatic rings. The fraction of sp³-hybridized carbons (Fsp3) is 0.300. The number of hydrogen-bond donors (Lipinski definition) is 3. The molecule has 1 aromatic carbocycles. The van der Waals surface area contributed by atoms with Gasteiger partial charge in [-0.2, -0.15) is 0 Å². The number of phenolic OH excluding ortho intramolecular Hbond substituents is 2. The molecule has 0 spiro atoms. The average Bonchev–Trinajstić information content (AvgIpc) is 2.13. The monoisotopic (exact) mass is 196 g/mol. The highest BCUT2D eigenvalue weighted by Gasteiger charge is 2.09. The minimum absolute atomic E-state index is 0.0153. The third kappa shape index (κ3) is 2.16. The standard InChI is InChI=1S/C10H12O4/c1-6-8(11)4-2-7(10(6)14)3-5-9(12)13/h2,4,11,14H,3,5H2,1H3,(H,12,13). The number of phenols is 2. The van der Waals surface area contributed by atoms with Crippen LogP contribution >= 0.6 is 0 Å². The molecule has 1 rings (SSSR count). The van der Waals surface area contributed by atoms with Crippen molar-refractivity contribution in [2.24, 2.45) is 0 Å². The number of benzene rings is 1. The van der Waals surface area contributed by atoms with E-state index >= 15 is 0 Å². The number of aromatic hydroxyl groups is 2. The second-order valence-corrected chi connectivity index (χ2v) is 3.11. The van der Waals surface area contributed by atoms with Gasteiger partial charge in [0.05, 0.1) is 0 Å². The number of hydrogen-bond acceptors (Lipinski definition) is 3. The van der Waals surface area contributed by atoms with E-state index in [1.165, 1.54) is 12.1 Å². The molecule has 0 unspecified atom stereocenters. The highest BCUT2D eigenvalue weighted by molar-refractivity contribution is 5.67. The van der Waals surface area contributed by atoms with Crippen molar-refractivity contribution < 1.29 is 20.1 Å². The van der Waals surface area contributed by atoms with Gasteiger partial charge in [-0.05, 0) is 25.0 Å². The second-order valence-electron chi connectivity index (χ2n) is 3.11. The lowest BCUT2D eigenvalue weighted by molar-refractivity contribution is -0.136. The highest BCUT2D eigenvalue weighted by atomic mass is 16.4. The Balaban J connectivity index is 2.88. The lowest BCUT2D eigenvalue weighted by Gasteiger charge is -2.07. The summed E-state index contributed by atoms with van der Waals surface area (Å²) in [6, 6.07) is 2.98. The maximum absolute atomic E-state index is 10.3. The Hall–Kier alpha value is -1.71. The number of aryl methyl sites for hydroxylation is 1. The van der Waals surface area contributed by atoms with Crippen LogP contribution in [0.15, 0.2) is 12.1 Å². The van der Waals surface area contributed by atoms with E-state index < -0.39 is 5.97 Å². The molecule has 0 saturated heterocycles. The molecule has 0 fully saturated rings. The van der Waals surface area contributed by atoms with Crippen LogP contribution in [0.4, 0.5) is 0 Å². The van der Waals surface area contributed by atoms with Crippen LogP contribution in [-0.4, -0.2) is 21.3 Å². The zero-order valence-electron chi connectivity index (χ0n) is 7.82. The van der Waals surface area contributed by atoms with Crippen LogP contribution in [0.3, 0.4) is 0 Å². The van der Waals surface area contributed by atoms with Gasteiger partial charge in [-0.25, -0.2) is 0 Å². The summed E-state index contributed by atoms with van der Waals surface area (Å²) in [5.41, 5.74) is 0.926. The summed E-state index contributed by atoms with van der Waals surface area (Å²) in [4.78, 5) is 10.3. The van der Waals surface area contributed by atoms with Crippen LogP contribution in [0.25, 0.3) is 0 Å². The maximum atomic E-state index is 10.3. The van der Waals surface area contributed by atoms with Crippen molar-refractivity contribution >= 4 is 5.97 Å². The van der Waals surface area contributed by atoms with Crippen molar-refractivity contribution in [3.05, 3.63) is 23.3 Å². The molecule has 0 radical (unpaired) electrons. The van der Waals surface area contributed by atoms with Crippen molar-refractivity contribution in [2.75, 3.05) is 0 Å². The number of carboxylic acids is 1. The molecule has 0 aliphatic heterocycles. The molecule has 0 aliphatic carbocycles. The molecule has 4 nitrogen and oxygen atoms in total. The van der Waals surface area contributed by atoms with Crippen LogP contribution in [0.1, 0.15) is 17.5 Å². The van der Waals surface area contributed by atoms with Gasteiger partial charge in [0.1, 0.15) is 11.5 Å². The summed E-state index contributed by atoms with van der Waals surface area (Å²) < 4.78 is 0. The third-order valence-corrected chi connectivity index (χ3v) is 2.09. The molecule has 0 aliphatic rings. The van der Waals surface area contributed by atoms with E-state index in [0.717, 1.165) is 0 Å². The summed E-state index contributed by atoms with van der Waals surface area (Å²) >= 11 is 0. The fourth-order valence-electron chi connectivity index (χ4n) is 1.19. The molecule has 0 heterocycles. The van der Waals surface area contributed by atoms with Gasteiger partial charge >= 0.3 is 5.97 Å². The van der Waals surface area contributed by atoms with Gasteiger partial charge in [0, 0.05) is 12.0 Å². The number of rotatable bonds is 3. The van der Waals surface area contributed by atoms with Crippen LogP contribution in [0, 0.1) is 6.92 Å². The minimum atomic E-state index is -0.907. The van der Waals surface area contributed by atoms with Crippen molar-refractivity contribution in [1.29, 1.82) is 0 Å². The van der Waals surface area contributed by atoms with E-state index in [1.807, 2.05) is 0 Å². The summed E-state index contributed by atoms with van der Waals surface area (Å²) in [5, 5.41) is 27.2. The first-order valence-electron chi connectivity index (χ1n) is 4.24. The Morgan fingerprint density at radius 1 is 1.36 bits per heavy atom. The predicted octanol–water partition coefficient (Wildman–Crippen LogP) is 1.42. The Morgan fingerprint density at radius 3 is 2.57 bits per heavy atom. The zero-order valence-corrected chi connectivity index (χ0v) is 7.82. The van der Waals surface area contributed by atoms with Gasteiger partial charge in [0.2, 0.25) is 0 Å². The molecule has 0 atom stereocenters. The normalized spacial score (nSPS) is 10.1. The van der Waals surface area contributed by atoms with E-state index in [-0.39, 0.29) is 24.3 Å². The predicted molar refractivity (Wildman–Crippen MR) is 50.5 cm³/mol. The van der Waals surface area contributed by atoms with Crippen molar-refractivity contribution in [1.82, 2.24) is 0 Å². The van der Waals surface area contributed by atoms with Gasteiger partial charge in [-0.3, -0.25) is 4.79 Å². The van der Waals surface area contributed by atoms with E-state index in [4.69, 9.17) is 5.11 Å². The Kier molecular flexibility index (Phi) is 2.96. The molecule has 76 valence electrons. The third-order valence-electron chi connectivity index (χ3n) is 2.09. The molecule has 4 heteroatoms. The average molecular weight is 196 g/mol. The smallest absolute Gasteiger partial charge is 0.303 e. The SMILES string of the molecule is Cc1c(O)ccc(CCC(=O)O)c1O. The summed E-state index contributed by atoms with van der Waals surface area (Å²) in [5.74, 6) is -0.914. The largest absolute Gasteiger partial charge is 0.508 e.